The lowest BCUT2D eigenvalue weighted by Gasteiger charge is -2.14. The minimum absolute atomic E-state index is 0.0795. The molecule has 0 bridgehead atoms. The number of aliphatic carboxylic acids is 1. The summed E-state index contributed by atoms with van der Waals surface area (Å²) in [6.45, 7) is 1.87. The summed E-state index contributed by atoms with van der Waals surface area (Å²) in [7, 11) is 1.53. The maximum atomic E-state index is 11.9. The zero-order valence-corrected chi connectivity index (χ0v) is 13.1. The summed E-state index contributed by atoms with van der Waals surface area (Å²) in [6, 6.07) is 4.52. The second kappa shape index (κ2) is 7.89. The molecule has 0 aliphatic rings. The van der Waals surface area contributed by atoms with Crippen molar-refractivity contribution in [2.75, 3.05) is 7.11 Å². The van der Waals surface area contributed by atoms with Crippen molar-refractivity contribution in [3.63, 3.8) is 0 Å². The summed E-state index contributed by atoms with van der Waals surface area (Å²) in [5.41, 5.74) is 0.708. The highest BCUT2D eigenvalue weighted by atomic mass is 79.9. The van der Waals surface area contributed by atoms with Crippen LogP contribution in [-0.4, -0.2) is 30.1 Å². The van der Waals surface area contributed by atoms with Crippen LogP contribution in [0.4, 0.5) is 0 Å². The number of carboxylic acids is 1. The molecule has 1 atom stereocenters. The van der Waals surface area contributed by atoms with E-state index < -0.39 is 12.0 Å². The molecule has 1 aromatic carbocycles. The van der Waals surface area contributed by atoms with E-state index >= 15 is 0 Å². The molecule has 0 saturated heterocycles. The molecule has 5 nitrogen and oxygen atoms in total. The average molecular weight is 344 g/mol. The van der Waals surface area contributed by atoms with Gasteiger partial charge in [-0.3, -0.25) is 4.79 Å². The van der Waals surface area contributed by atoms with Crippen molar-refractivity contribution in [3.8, 4) is 5.75 Å². The smallest absolute Gasteiger partial charge is 0.326 e. The van der Waals surface area contributed by atoms with Crippen LogP contribution in [0.25, 0.3) is 0 Å². The van der Waals surface area contributed by atoms with E-state index in [1.807, 2.05) is 13.0 Å². The molecule has 2 N–H and O–H groups in total. The number of rotatable bonds is 7. The van der Waals surface area contributed by atoms with Crippen LogP contribution in [0.15, 0.2) is 22.7 Å². The summed E-state index contributed by atoms with van der Waals surface area (Å²) in [5.74, 6) is -0.741. The maximum Gasteiger partial charge on any atom is 0.326 e. The molecule has 1 aromatic rings. The van der Waals surface area contributed by atoms with Crippen LogP contribution in [0.3, 0.4) is 0 Å². The molecule has 1 unspecified atom stereocenters. The number of hydrogen-bond donors (Lipinski definition) is 2. The van der Waals surface area contributed by atoms with Gasteiger partial charge in [-0.15, -0.1) is 0 Å². The highest BCUT2D eigenvalue weighted by molar-refractivity contribution is 9.10. The molecule has 1 amide bonds. The molecule has 0 aliphatic carbocycles. The van der Waals surface area contributed by atoms with E-state index in [-0.39, 0.29) is 12.3 Å². The molecule has 0 fully saturated rings. The molecule has 1 rings (SSSR count). The molecule has 110 valence electrons. The molecule has 0 heterocycles. The molecule has 0 aliphatic heterocycles. The van der Waals surface area contributed by atoms with Crippen molar-refractivity contribution in [3.05, 3.63) is 28.2 Å². The third kappa shape index (κ3) is 4.85. The van der Waals surface area contributed by atoms with Gasteiger partial charge < -0.3 is 15.2 Å². The number of halogens is 1. The number of ether oxygens (including phenoxy) is 1. The predicted molar refractivity (Wildman–Crippen MR) is 78.9 cm³/mol. The van der Waals surface area contributed by atoms with Gasteiger partial charge in [0.2, 0.25) is 5.91 Å². The lowest BCUT2D eigenvalue weighted by atomic mass is 10.1. The van der Waals surface area contributed by atoms with E-state index in [0.717, 1.165) is 4.47 Å². The van der Waals surface area contributed by atoms with Gasteiger partial charge in [-0.1, -0.05) is 29.3 Å². The second-order valence-electron chi connectivity index (χ2n) is 4.38. The van der Waals surface area contributed by atoms with Gasteiger partial charge in [-0.25, -0.2) is 4.79 Å². The number of carbonyl (C=O) groups excluding carboxylic acids is 1. The predicted octanol–water partition coefficient (Wildman–Crippen LogP) is 2.37. The van der Waals surface area contributed by atoms with Crippen LogP contribution in [0.1, 0.15) is 25.3 Å². The first-order chi connectivity index (χ1) is 9.47. The van der Waals surface area contributed by atoms with Crippen molar-refractivity contribution >= 4 is 27.8 Å². The Morgan fingerprint density at radius 3 is 2.70 bits per heavy atom. The minimum Gasteiger partial charge on any atom is -0.496 e. The number of carbonyl (C=O) groups is 2. The van der Waals surface area contributed by atoms with Crippen molar-refractivity contribution < 1.29 is 19.4 Å². The normalized spacial score (nSPS) is 11.8. The van der Waals surface area contributed by atoms with Crippen molar-refractivity contribution in [1.29, 1.82) is 0 Å². The molecule has 20 heavy (non-hydrogen) atoms. The van der Waals surface area contributed by atoms with Crippen LogP contribution in [0, 0.1) is 0 Å². The van der Waals surface area contributed by atoms with Crippen LogP contribution in [-0.2, 0) is 16.0 Å². The zero-order valence-electron chi connectivity index (χ0n) is 11.5. The fourth-order valence-electron chi connectivity index (χ4n) is 1.85. The number of nitrogens with one attached hydrogen (secondary N) is 1. The van der Waals surface area contributed by atoms with Crippen LogP contribution >= 0.6 is 15.9 Å². The summed E-state index contributed by atoms with van der Waals surface area (Å²) < 4.78 is 6.02. The topological polar surface area (TPSA) is 75.6 Å². The van der Waals surface area contributed by atoms with E-state index in [1.54, 1.807) is 12.1 Å². The Morgan fingerprint density at radius 2 is 2.15 bits per heavy atom. The zero-order chi connectivity index (χ0) is 15.1. The monoisotopic (exact) mass is 343 g/mol. The van der Waals surface area contributed by atoms with E-state index in [0.29, 0.717) is 24.2 Å². The Bertz CT molecular complexity index is 490. The van der Waals surface area contributed by atoms with Crippen molar-refractivity contribution in [2.45, 2.75) is 32.2 Å². The first-order valence-corrected chi connectivity index (χ1v) is 7.11. The average Bonchev–Trinajstić information content (AvgIpc) is 2.38. The Balaban J connectivity index is 2.75. The maximum absolute atomic E-state index is 11.9. The standard InChI is InChI=1S/C14H18BrNO4/c1-3-4-11(14(18)19)16-13(17)8-9-7-10(15)5-6-12(9)20-2/h5-7,11H,3-4,8H2,1-2H3,(H,16,17)(H,18,19). The second-order valence-corrected chi connectivity index (χ2v) is 5.30. The van der Waals surface area contributed by atoms with E-state index in [9.17, 15) is 9.59 Å². The molecule has 0 spiro atoms. The lowest BCUT2D eigenvalue weighted by Crippen LogP contribution is -2.41. The van der Waals surface area contributed by atoms with Gasteiger partial charge in [0, 0.05) is 10.0 Å². The lowest BCUT2D eigenvalue weighted by molar-refractivity contribution is -0.141. The number of hydrogen-bond acceptors (Lipinski definition) is 3. The van der Waals surface area contributed by atoms with Gasteiger partial charge >= 0.3 is 5.97 Å². The molecule has 6 heteroatoms. The fourth-order valence-corrected chi connectivity index (χ4v) is 2.26. The van der Waals surface area contributed by atoms with Crippen molar-refractivity contribution in [2.24, 2.45) is 0 Å². The van der Waals surface area contributed by atoms with Crippen LogP contribution in [0.5, 0.6) is 5.75 Å². The number of methoxy groups -OCH3 is 1. The van der Waals surface area contributed by atoms with E-state index in [1.165, 1.54) is 7.11 Å². The first kappa shape index (κ1) is 16.5. The fraction of sp³-hybridized carbons (Fsp3) is 0.429. The third-order valence-corrected chi connectivity index (χ3v) is 3.30. The summed E-state index contributed by atoms with van der Waals surface area (Å²) in [5, 5.41) is 11.5. The Hall–Kier alpha value is -1.56. The molecule has 0 aromatic heterocycles. The van der Waals surface area contributed by atoms with Gasteiger partial charge in [-0.2, -0.15) is 0 Å². The molecular weight excluding hydrogens is 326 g/mol. The quantitative estimate of drug-likeness (QED) is 0.796. The highest BCUT2D eigenvalue weighted by Gasteiger charge is 2.19. The first-order valence-electron chi connectivity index (χ1n) is 6.32. The van der Waals surface area contributed by atoms with Gasteiger partial charge in [0.15, 0.2) is 0 Å². The van der Waals surface area contributed by atoms with Gasteiger partial charge in [0.25, 0.3) is 0 Å². The van der Waals surface area contributed by atoms with Crippen molar-refractivity contribution in [1.82, 2.24) is 5.32 Å². The number of amides is 1. The number of carboxylic acid groups (broad SMARTS) is 1. The molecule has 0 saturated carbocycles. The highest BCUT2D eigenvalue weighted by Crippen LogP contribution is 2.23. The Kier molecular flexibility index (Phi) is 6.51. The van der Waals surface area contributed by atoms with Crippen LogP contribution < -0.4 is 10.1 Å². The molecular formula is C14H18BrNO4. The minimum atomic E-state index is -1.01. The van der Waals surface area contributed by atoms with E-state index in [4.69, 9.17) is 9.84 Å². The third-order valence-electron chi connectivity index (χ3n) is 2.80. The van der Waals surface area contributed by atoms with E-state index in [2.05, 4.69) is 21.2 Å². The van der Waals surface area contributed by atoms with Gasteiger partial charge in [-0.05, 0) is 24.6 Å². The summed E-state index contributed by atoms with van der Waals surface area (Å²) >= 11 is 3.33. The van der Waals surface area contributed by atoms with Gasteiger partial charge in [0.1, 0.15) is 11.8 Å². The SMILES string of the molecule is CCCC(NC(=O)Cc1cc(Br)ccc1OC)C(=O)O. The molecule has 0 radical (unpaired) electrons. The Morgan fingerprint density at radius 1 is 1.45 bits per heavy atom. The Labute approximate surface area is 126 Å². The summed E-state index contributed by atoms with van der Waals surface area (Å²) in [4.78, 5) is 22.9. The summed E-state index contributed by atoms with van der Waals surface area (Å²) in [6.07, 6.45) is 1.18. The van der Waals surface area contributed by atoms with Gasteiger partial charge in [0.05, 0.1) is 13.5 Å². The largest absolute Gasteiger partial charge is 0.496 e. The number of benzene rings is 1. The van der Waals surface area contributed by atoms with Crippen LogP contribution in [0.2, 0.25) is 0 Å².